The van der Waals surface area contributed by atoms with E-state index in [9.17, 15) is 4.79 Å². The Morgan fingerprint density at radius 3 is 3.00 bits per heavy atom. The summed E-state index contributed by atoms with van der Waals surface area (Å²) in [4.78, 5) is 19.1. The first-order valence-electron chi connectivity index (χ1n) is 8.72. The Balaban J connectivity index is 1.63. The smallest absolute Gasteiger partial charge is 0.258 e. The number of ether oxygens (including phenoxy) is 2. The summed E-state index contributed by atoms with van der Waals surface area (Å²) in [7, 11) is 3.35. The van der Waals surface area contributed by atoms with Gasteiger partial charge in [0.15, 0.2) is 4.96 Å². The predicted molar refractivity (Wildman–Crippen MR) is 100 cm³/mol. The van der Waals surface area contributed by atoms with Gasteiger partial charge in [0.05, 0.1) is 26.3 Å². The number of quaternary nitrogens is 1. The zero-order valence-electron chi connectivity index (χ0n) is 14.9. The van der Waals surface area contributed by atoms with Gasteiger partial charge >= 0.3 is 0 Å². The zero-order valence-corrected chi connectivity index (χ0v) is 15.7. The maximum Gasteiger partial charge on any atom is 0.258 e. The summed E-state index contributed by atoms with van der Waals surface area (Å²) in [5.74, 6) is 1.65. The van der Waals surface area contributed by atoms with E-state index in [-0.39, 0.29) is 5.56 Å². The molecule has 26 heavy (non-hydrogen) atoms. The monoisotopic (exact) mass is 372 g/mol. The van der Waals surface area contributed by atoms with Crippen molar-refractivity contribution in [2.75, 3.05) is 20.8 Å². The van der Waals surface area contributed by atoms with Crippen LogP contribution in [0.3, 0.4) is 0 Å². The number of hydrogen-bond acceptors (Lipinski definition) is 5. The lowest BCUT2D eigenvalue weighted by molar-refractivity contribution is -0.932. The number of likely N-dealkylation sites (tertiary alicyclic amines) is 1. The largest absolute Gasteiger partial charge is 0.497 e. The van der Waals surface area contributed by atoms with E-state index in [0.717, 1.165) is 48.1 Å². The summed E-state index contributed by atoms with van der Waals surface area (Å²) >= 11 is 1.49. The van der Waals surface area contributed by atoms with Crippen molar-refractivity contribution >= 4 is 16.3 Å². The van der Waals surface area contributed by atoms with Crippen LogP contribution in [-0.2, 0) is 6.54 Å². The average molecular weight is 372 g/mol. The molecule has 136 valence electrons. The lowest BCUT2D eigenvalue weighted by atomic mass is 10.0. The van der Waals surface area contributed by atoms with E-state index in [2.05, 4.69) is 11.1 Å². The number of methoxy groups -OCH3 is 2. The molecule has 6 nitrogen and oxygen atoms in total. The lowest BCUT2D eigenvalue weighted by Gasteiger charge is -2.23. The lowest BCUT2D eigenvalue weighted by Crippen LogP contribution is -3.09. The van der Waals surface area contributed by atoms with Gasteiger partial charge in [0.25, 0.3) is 5.56 Å². The van der Waals surface area contributed by atoms with Crippen molar-refractivity contribution in [3.63, 3.8) is 0 Å². The topological polar surface area (TPSA) is 57.3 Å². The number of benzene rings is 1. The molecule has 1 unspecified atom stereocenters. The third-order valence-electron chi connectivity index (χ3n) is 5.06. The highest BCUT2D eigenvalue weighted by molar-refractivity contribution is 7.15. The van der Waals surface area contributed by atoms with Crippen LogP contribution in [0.1, 0.15) is 30.1 Å². The van der Waals surface area contributed by atoms with Crippen LogP contribution >= 0.6 is 11.3 Å². The molecule has 1 N–H and O–H groups in total. The first-order chi connectivity index (χ1) is 12.7. The molecule has 0 saturated carbocycles. The number of nitrogens with one attached hydrogen (secondary N) is 1. The quantitative estimate of drug-likeness (QED) is 0.741. The molecular formula is C19H22N3O3S+. The van der Waals surface area contributed by atoms with Gasteiger partial charge in [0, 0.05) is 36.6 Å². The Morgan fingerprint density at radius 2 is 2.19 bits per heavy atom. The van der Waals surface area contributed by atoms with Crippen molar-refractivity contribution in [2.24, 2.45) is 0 Å². The molecule has 3 heterocycles. The first kappa shape index (κ1) is 17.1. The van der Waals surface area contributed by atoms with Gasteiger partial charge in [-0.2, -0.15) is 0 Å². The molecule has 3 aromatic rings. The second-order valence-corrected chi connectivity index (χ2v) is 7.40. The predicted octanol–water partition coefficient (Wildman–Crippen LogP) is 1.69. The second kappa shape index (κ2) is 7.09. The SMILES string of the molecule is COc1ccc([C@@H]2CCC[NH+]2Cc2cc(=O)n3ccsc3n2)c(OC)c1. The Kier molecular flexibility index (Phi) is 4.65. The molecule has 2 aromatic heterocycles. The van der Waals surface area contributed by atoms with Gasteiger partial charge in [-0.1, -0.05) is 0 Å². The van der Waals surface area contributed by atoms with Gasteiger partial charge in [-0.15, -0.1) is 11.3 Å². The number of nitrogens with zero attached hydrogens (tertiary/aromatic N) is 2. The fourth-order valence-electron chi connectivity index (χ4n) is 3.82. The van der Waals surface area contributed by atoms with Gasteiger partial charge in [0.2, 0.25) is 0 Å². The minimum Gasteiger partial charge on any atom is -0.497 e. The number of thiazole rings is 1. The number of fused-ring (bicyclic) bond motifs is 1. The molecule has 1 aromatic carbocycles. The summed E-state index contributed by atoms with van der Waals surface area (Å²) in [5.41, 5.74) is 2.03. The van der Waals surface area contributed by atoms with Crippen LogP contribution in [0.25, 0.3) is 4.96 Å². The van der Waals surface area contributed by atoms with Gasteiger partial charge in [-0.05, 0) is 12.1 Å². The molecule has 4 rings (SSSR count). The van der Waals surface area contributed by atoms with Gasteiger partial charge in [-0.25, -0.2) is 4.98 Å². The zero-order chi connectivity index (χ0) is 18.1. The molecule has 0 radical (unpaired) electrons. The van der Waals surface area contributed by atoms with Crippen molar-refractivity contribution in [3.05, 3.63) is 57.5 Å². The van der Waals surface area contributed by atoms with Crippen LogP contribution in [-0.4, -0.2) is 30.1 Å². The van der Waals surface area contributed by atoms with Crippen LogP contribution in [0.2, 0.25) is 0 Å². The van der Waals surface area contributed by atoms with Gasteiger partial charge in [-0.3, -0.25) is 9.20 Å². The van der Waals surface area contributed by atoms with Crippen molar-refractivity contribution in [3.8, 4) is 11.5 Å². The molecule has 0 aliphatic carbocycles. The minimum absolute atomic E-state index is 0.0107. The summed E-state index contributed by atoms with van der Waals surface area (Å²) in [6.07, 6.45) is 4.01. The highest BCUT2D eigenvalue weighted by Crippen LogP contribution is 2.31. The first-order valence-corrected chi connectivity index (χ1v) is 9.60. The van der Waals surface area contributed by atoms with Crippen LogP contribution in [0.5, 0.6) is 11.5 Å². The van der Waals surface area contributed by atoms with Crippen molar-refractivity contribution in [1.82, 2.24) is 9.38 Å². The molecular weight excluding hydrogens is 350 g/mol. The fraction of sp³-hybridized carbons (Fsp3) is 0.368. The molecule has 0 bridgehead atoms. The Bertz CT molecular complexity index is 982. The van der Waals surface area contributed by atoms with E-state index in [1.807, 2.05) is 17.5 Å². The molecule has 0 amide bonds. The van der Waals surface area contributed by atoms with Crippen LogP contribution in [0.15, 0.2) is 40.6 Å². The van der Waals surface area contributed by atoms with E-state index in [0.29, 0.717) is 6.04 Å². The van der Waals surface area contributed by atoms with Gasteiger partial charge in [0.1, 0.15) is 29.8 Å². The molecule has 1 aliphatic heterocycles. The summed E-state index contributed by atoms with van der Waals surface area (Å²) < 4.78 is 12.5. The maximum absolute atomic E-state index is 12.2. The number of rotatable bonds is 5. The van der Waals surface area contributed by atoms with Crippen molar-refractivity contribution < 1.29 is 14.4 Å². The average Bonchev–Trinajstić information content (AvgIpc) is 3.30. The number of hydrogen-bond donors (Lipinski definition) is 1. The van der Waals surface area contributed by atoms with E-state index in [4.69, 9.17) is 9.47 Å². The van der Waals surface area contributed by atoms with E-state index >= 15 is 0 Å². The third-order valence-corrected chi connectivity index (χ3v) is 5.82. The minimum atomic E-state index is -0.0107. The normalized spacial score (nSPS) is 19.8. The van der Waals surface area contributed by atoms with Crippen LogP contribution < -0.4 is 19.9 Å². The Labute approximate surface area is 155 Å². The Hall–Kier alpha value is -2.38. The maximum atomic E-state index is 12.2. The molecule has 1 saturated heterocycles. The van der Waals surface area contributed by atoms with Crippen LogP contribution in [0, 0.1) is 0 Å². The van der Waals surface area contributed by atoms with Crippen molar-refractivity contribution in [2.45, 2.75) is 25.4 Å². The summed E-state index contributed by atoms with van der Waals surface area (Å²) in [5, 5.41) is 1.89. The van der Waals surface area contributed by atoms with E-state index in [1.54, 1.807) is 30.9 Å². The molecule has 7 heteroatoms. The Morgan fingerprint density at radius 1 is 1.31 bits per heavy atom. The van der Waals surface area contributed by atoms with Gasteiger partial charge < -0.3 is 14.4 Å². The number of aromatic nitrogens is 2. The summed E-state index contributed by atoms with van der Waals surface area (Å²) in [6, 6.07) is 8.01. The highest BCUT2D eigenvalue weighted by Gasteiger charge is 2.32. The highest BCUT2D eigenvalue weighted by atomic mass is 32.1. The molecule has 1 fully saturated rings. The van der Waals surface area contributed by atoms with E-state index < -0.39 is 0 Å². The third kappa shape index (κ3) is 3.08. The molecule has 2 atom stereocenters. The fourth-order valence-corrected chi connectivity index (χ4v) is 4.55. The van der Waals surface area contributed by atoms with E-state index in [1.165, 1.54) is 21.8 Å². The van der Waals surface area contributed by atoms with Crippen LogP contribution in [0.4, 0.5) is 0 Å². The molecule has 0 spiro atoms. The molecule has 1 aliphatic rings. The van der Waals surface area contributed by atoms with Crippen molar-refractivity contribution in [1.29, 1.82) is 0 Å². The second-order valence-electron chi connectivity index (χ2n) is 6.53. The summed E-state index contributed by atoms with van der Waals surface area (Å²) in [6.45, 7) is 1.80. The standard InChI is InChI=1S/C19H21N3O3S/c1-24-14-5-6-15(17(11-14)25-2)16-4-3-7-21(16)12-13-10-18(23)22-8-9-26-19(22)20-13/h5-6,8-11,16H,3-4,7,12H2,1-2H3/p+1/t16-/m0/s1.